The van der Waals surface area contributed by atoms with E-state index in [2.05, 4.69) is 0 Å². The number of carbonyl (C=O) groups excluding carboxylic acids is 1. The average molecular weight is 425 g/mol. The first kappa shape index (κ1) is 20.0. The second kappa shape index (κ2) is 7.96. The van der Waals surface area contributed by atoms with Crippen molar-refractivity contribution in [2.75, 3.05) is 13.7 Å². The molecular formula is C26H23N3O3. The minimum atomic E-state index is -0.135. The Balaban J connectivity index is 1.55. The van der Waals surface area contributed by atoms with E-state index in [1.165, 1.54) is 0 Å². The standard InChI is InChI=1S/C26H23N3O3/c1-16-7-8-18-15-29(14-13-20(18)24(16)30)26(31)23-21-5-3-4-6-22(21)27-25(28-23)17-9-11-19(32-2)12-10-17/h3-12,30H,13-15H2,1-2H3. The van der Waals surface area contributed by atoms with Crippen LogP contribution < -0.4 is 4.74 Å². The van der Waals surface area contributed by atoms with Gasteiger partial charge in [0.1, 0.15) is 17.2 Å². The fourth-order valence-electron chi connectivity index (χ4n) is 4.19. The Bertz CT molecular complexity index is 1330. The fraction of sp³-hybridized carbons (Fsp3) is 0.192. The molecule has 1 N–H and O–H groups in total. The second-order valence-electron chi connectivity index (χ2n) is 7.99. The van der Waals surface area contributed by atoms with Crippen molar-refractivity contribution in [2.45, 2.75) is 19.9 Å². The number of methoxy groups -OCH3 is 1. The summed E-state index contributed by atoms with van der Waals surface area (Å²) in [5.74, 6) is 1.45. The quantitative estimate of drug-likeness (QED) is 0.522. The zero-order valence-corrected chi connectivity index (χ0v) is 18.0. The molecule has 6 heteroatoms. The molecule has 2 heterocycles. The van der Waals surface area contributed by atoms with E-state index in [4.69, 9.17) is 14.7 Å². The van der Waals surface area contributed by atoms with E-state index < -0.39 is 0 Å². The van der Waals surface area contributed by atoms with Crippen molar-refractivity contribution in [1.29, 1.82) is 0 Å². The number of phenolic OH excluding ortho intramolecular Hbond substituents is 1. The molecule has 0 bridgehead atoms. The van der Waals surface area contributed by atoms with Gasteiger partial charge in [0.15, 0.2) is 5.82 Å². The molecular weight excluding hydrogens is 402 g/mol. The molecule has 0 radical (unpaired) electrons. The van der Waals surface area contributed by atoms with Gasteiger partial charge in [0.05, 0.1) is 12.6 Å². The van der Waals surface area contributed by atoms with Gasteiger partial charge in [0, 0.05) is 29.6 Å². The number of aryl methyl sites for hydroxylation is 1. The Morgan fingerprint density at radius 2 is 1.81 bits per heavy atom. The van der Waals surface area contributed by atoms with Gasteiger partial charge in [-0.25, -0.2) is 9.97 Å². The topological polar surface area (TPSA) is 75.5 Å². The first-order chi connectivity index (χ1) is 15.5. The minimum Gasteiger partial charge on any atom is -0.507 e. The van der Waals surface area contributed by atoms with Crippen molar-refractivity contribution < 1.29 is 14.6 Å². The molecule has 0 spiro atoms. The number of aromatic nitrogens is 2. The number of ether oxygens (including phenoxy) is 1. The number of hydrogen-bond acceptors (Lipinski definition) is 5. The van der Waals surface area contributed by atoms with Gasteiger partial charge in [-0.2, -0.15) is 0 Å². The third-order valence-electron chi connectivity index (χ3n) is 6.02. The number of benzene rings is 3. The molecule has 6 nitrogen and oxygen atoms in total. The number of amides is 1. The van der Waals surface area contributed by atoms with Gasteiger partial charge in [-0.1, -0.05) is 30.3 Å². The van der Waals surface area contributed by atoms with E-state index in [1.54, 1.807) is 12.0 Å². The molecule has 1 aromatic heterocycles. The summed E-state index contributed by atoms with van der Waals surface area (Å²) in [7, 11) is 1.62. The van der Waals surface area contributed by atoms with Gasteiger partial charge in [-0.3, -0.25) is 4.79 Å². The lowest BCUT2D eigenvalue weighted by Gasteiger charge is -2.29. The number of aromatic hydroxyl groups is 1. The van der Waals surface area contributed by atoms with Crippen LogP contribution in [0.1, 0.15) is 27.2 Å². The molecule has 0 unspecified atom stereocenters. The van der Waals surface area contributed by atoms with Crippen LogP contribution in [-0.2, 0) is 13.0 Å². The molecule has 32 heavy (non-hydrogen) atoms. The Morgan fingerprint density at radius 3 is 2.59 bits per heavy atom. The molecule has 0 aliphatic carbocycles. The SMILES string of the molecule is COc1ccc(-c2nc(C(=O)N3CCc4c(ccc(C)c4O)C3)c3ccccc3n2)cc1. The predicted octanol–water partition coefficient (Wildman–Crippen LogP) is 4.52. The van der Waals surface area contributed by atoms with Gasteiger partial charge in [0.2, 0.25) is 0 Å². The van der Waals surface area contributed by atoms with Crippen molar-refractivity contribution in [2.24, 2.45) is 0 Å². The maximum Gasteiger partial charge on any atom is 0.273 e. The summed E-state index contributed by atoms with van der Waals surface area (Å²) in [6, 6.07) is 18.9. The van der Waals surface area contributed by atoms with Crippen LogP contribution in [0.25, 0.3) is 22.3 Å². The monoisotopic (exact) mass is 425 g/mol. The molecule has 0 atom stereocenters. The number of phenols is 1. The number of nitrogens with zero attached hydrogens (tertiary/aromatic N) is 3. The molecule has 1 aliphatic rings. The minimum absolute atomic E-state index is 0.135. The van der Waals surface area contributed by atoms with Crippen molar-refractivity contribution in [3.05, 3.63) is 83.0 Å². The number of fused-ring (bicyclic) bond motifs is 2. The van der Waals surface area contributed by atoms with Gasteiger partial charge < -0.3 is 14.7 Å². The second-order valence-corrected chi connectivity index (χ2v) is 7.99. The molecule has 0 saturated heterocycles. The van der Waals surface area contributed by atoms with E-state index in [1.807, 2.05) is 67.6 Å². The maximum absolute atomic E-state index is 13.6. The van der Waals surface area contributed by atoms with E-state index in [-0.39, 0.29) is 5.91 Å². The maximum atomic E-state index is 13.6. The normalized spacial score (nSPS) is 13.1. The fourth-order valence-corrected chi connectivity index (χ4v) is 4.19. The van der Waals surface area contributed by atoms with E-state index in [0.29, 0.717) is 36.8 Å². The van der Waals surface area contributed by atoms with Gasteiger partial charge >= 0.3 is 0 Å². The van der Waals surface area contributed by atoms with Crippen LogP contribution in [-0.4, -0.2) is 39.5 Å². The zero-order valence-electron chi connectivity index (χ0n) is 18.0. The lowest BCUT2D eigenvalue weighted by Crippen LogP contribution is -2.36. The van der Waals surface area contributed by atoms with Crippen LogP contribution in [0.5, 0.6) is 11.5 Å². The summed E-state index contributed by atoms with van der Waals surface area (Å²) in [6.45, 7) is 2.86. The average Bonchev–Trinajstić information content (AvgIpc) is 2.85. The van der Waals surface area contributed by atoms with E-state index in [9.17, 15) is 9.90 Å². The van der Waals surface area contributed by atoms with Gasteiger partial charge in [0.25, 0.3) is 5.91 Å². The molecule has 1 aliphatic heterocycles. The molecule has 0 fully saturated rings. The van der Waals surface area contributed by atoms with Crippen LogP contribution in [0.15, 0.2) is 60.7 Å². The summed E-state index contributed by atoms with van der Waals surface area (Å²) in [5.41, 5.74) is 4.69. The highest BCUT2D eigenvalue weighted by Crippen LogP contribution is 2.31. The highest BCUT2D eigenvalue weighted by atomic mass is 16.5. The first-order valence-corrected chi connectivity index (χ1v) is 10.6. The Kier molecular flexibility index (Phi) is 4.98. The summed E-state index contributed by atoms with van der Waals surface area (Å²) in [5, 5.41) is 11.1. The lowest BCUT2D eigenvalue weighted by atomic mass is 9.96. The highest BCUT2D eigenvalue weighted by Gasteiger charge is 2.27. The number of hydrogen-bond donors (Lipinski definition) is 1. The number of carbonyl (C=O) groups is 1. The number of rotatable bonds is 3. The van der Waals surface area contributed by atoms with Crippen molar-refractivity contribution >= 4 is 16.8 Å². The lowest BCUT2D eigenvalue weighted by molar-refractivity contribution is 0.0730. The van der Waals surface area contributed by atoms with Crippen molar-refractivity contribution in [3.8, 4) is 22.9 Å². The van der Waals surface area contributed by atoms with E-state index in [0.717, 1.165) is 38.9 Å². The molecule has 1 amide bonds. The molecule has 0 saturated carbocycles. The molecule has 5 rings (SSSR count). The third kappa shape index (κ3) is 3.43. The van der Waals surface area contributed by atoms with Crippen LogP contribution in [0.3, 0.4) is 0 Å². The number of para-hydroxylation sites is 1. The zero-order chi connectivity index (χ0) is 22.2. The summed E-state index contributed by atoms with van der Waals surface area (Å²) < 4.78 is 5.24. The molecule has 4 aromatic rings. The first-order valence-electron chi connectivity index (χ1n) is 10.6. The van der Waals surface area contributed by atoms with Gasteiger partial charge in [-0.05, 0) is 54.8 Å². The van der Waals surface area contributed by atoms with Crippen LogP contribution in [0.4, 0.5) is 0 Å². The Hall–Kier alpha value is -3.93. The highest BCUT2D eigenvalue weighted by molar-refractivity contribution is 6.05. The predicted molar refractivity (Wildman–Crippen MR) is 123 cm³/mol. The third-order valence-corrected chi connectivity index (χ3v) is 6.02. The molecule has 3 aromatic carbocycles. The van der Waals surface area contributed by atoms with Crippen LogP contribution >= 0.6 is 0 Å². The summed E-state index contributed by atoms with van der Waals surface area (Å²) >= 11 is 0. The Morgan fingerprint density at radius 1 is 1.03 bits per heavy atom. The largest absolute Gasteiger partial charge is 0.507 e. The van der Waals surface area contributed by atoms with Gasteiger partial charge in [-0.15, -0.1) is 0 Å². The smallest absolute Gasteiger partial charge is 0.273 e. The van der Waals surface area contributed by atoms with Crippen molar-refractivity contribution in [3.63, 3.8) is 0 Å². The van der Waals surface area contributed by atoms with Crippen LogP contribution in [0.2, 0.25) is 0 Å². The summed E-state index contributed by atoms with van der Waals surface area (Å²) in [6.07, 6.45) is 0.614. The van der Waals surface area contributed by atoms with Crippen molar-refractivity contribution in [1.82, 2.24) is 14.9 Å². The van der Waals surface area contributed by atoms with Crippen LogP contribution in [0, 0.1) is 6.92 Å². The summed E-state index contributed by atoms with van der Waals surface area (Å²) in [4.78, 5) is 24.8. The molecule has 160 valence electrons. The Labute approximate surface area is 186 Å². The van der Waals surface area contributed by atoms with E-state index >= 15 is 0 Å².